The summed E-state index contributed by atoms with van der Waals surface area (Å²) in [6.07, 6.45) is -0.805. The fourth-order valence-corrected chi connectivity index (χ4v) is 1.78. The van der Waals surface area contributed by atoms with Crippen molar-refractivity contribution in [2.75, 3.05) is 13.2 Å². The van der Waals surface area contributed by atoms with E-state index < -0.39 is 17.9 Å². The molecule has 2 rings (SSSR count). The van der Waals surface area contributed by atoms with Gasteiger partial charge in [-0.3, -0.25) is 0 Å². The van der Waals surface area contributed by atoms with Crippen LogP contribution in [-0.2, 0) is 9.47 Å². The predicted octanol–water partition coefficient (Wildman–Crippen LogP) is 2.77. The van der Waals surface area contributed by atoms with Crippen molar-refractivity contribution < 1.29 is 18.3 Å². The first kappa shape index (κ1) is 10.0. The molecule has 1 fully saturated rings. The Balaban J connectivity index is 2.44. The number of benzene rings is 1. The van der Waals surface area contributed by atoms with Crippen LogP contribution < -0.4 is 0 Å². The third-order valence-corrected chi connectivity index (χ3v) is 2.63. The van der Waals surface area contributed by atoms with Crippen molar-refractivity contribution in [3.05, 3.63) is 33.8 Å². The molecular weight excluding hydrogens is 258 g/mol. The normalized spacial score (nSPS) is 17.6. The average molecular weight is 265 g/mol. The van der Waals surface area contributed by atoms with Crippen LogP contribution in [0.1, 0.15) is 11.9 Å². The number of ether oxygens (including phenoxy) is 2. The van der Waals surface area contributed by atoms with Gasteiger partial charge in [-0.05, 0) is 12.1 Å². The van der Waals surface area contributed by atoms with Crippen LogP contribution in [0.3, 0.4) is 0 Å². The molecule has 0 radical (unpaired) electrons. The second-order valence-electron chi connectivity index (χ2n) is 2.83. The van der Waals surface area contributed by atoms with Crippen LogP contribution in [-0.4, -0.2) is 13.2 Å². The predicted molar refractivity (Wildman–Crippen MR) is 48.7 cm³/mol. The maximum Gasteiger partial charge on any atom is 0.188 e. The summed E-state index contributed by atoms with van der Waals surface area (Å²) in [5, 5.41) is 0. The van der Waals surface area contributed by atoms with E-state index in [4.69, 9.17) is 9.47 Å². The van der Waals surface area contributed by atoms with Crippen LogP contribution in [0.15, 0.2) is 16.6 Å². The topological polar surface area (TPSA) is 18.5 Å². The Hall–Kier alpha value is -0.520. The molecule has 0 spiro atoms. The molecule has 76 valence electrons. The minimum absolute atomic E-state index is 0.0856. The largest absolute Gasteiger partial charge is 0.346 e. The van der Waals surface area contributed by atoms with Crippen molar-refractivity contribution >= 4 is 15.9 Å². The van der Waals surface area contributed by atoms with Gasteiger partial charge in [-0.15, -0.1) is 0 Å². The summed E-state index contributed by atoms with van der Waals surface area (Å²) in [7, 11) is 0. The second-order valence-corrected chi connectivity index (χ2v) is 3.68. The highest BCUT2D eigenvalue weighted by Gasteiger charge is 2.26. The highest BCUT2D eigenvalue weighted by atomic mass is 79.9. The van der Waals surface area contributed by atoms with Crippen molar-refractivity contribution in [2.24, 2.45) is 0 Å². The van der Waals surface area contributed by atoms with Crippen molar-refractivity contribution in [2.45, 2.75) is 6.29 Å². The van der Waals surface area contributed by atoms with Crippen LogP contribution in [0, 0.1) is 11.6 Å². The zero-order valence-electron chi connectivity index (χ0n) is 7.10. The van der Waals surface area contributed by atoms with Crippen LogP contribution >= 0.6 is 15.9 Å². The lowest BCUT2D eigenvalue weighted by Crippen LogP contribution is -2.04. The van der Waals surface area contributed by atoms with Gasteiger partial charge in [-0.1, -0.05) is 15.9 Å². The molecule has 0 saturated carbocycles. The number of rotatable bonds is 1. The van der Waals surface area contributed by atoms with Gasteiger partial charge in [0.05, 0.1) is 18.8 Å². The maximum absolute atomic E-state index is 13.3. The molecule has 1 saturated heterocycles. The lowest BCUT2D eigenvalue weighted by Gasteiger charge is -2.12. The first-order valence-electron chi connectivity index (χ1n) is 4.07. The molecule has 0 unspecified atom stereocenters. The third-order valence-electron chi connectivity index (χ3n) is 1.94. The van der Waals surface area contributed by atoms with Gasteiger partial charge in [0, 0.05) is 4.47 Å². The minimum Gasteiger partial charge on any atom is -0.346 e. The molecule has 1 aromatic rings. The van der Waals surface area contributed by atoms with E-state index in [1.807, 2.05) is 0 Å². The van der Waals surface area contributed by atoms with Crippen LogP contribution in [0.4, 0.5) is 8.78 Å². The smallest absolute Gasteiger partial charge is 0.188 e. The van der Waals surface area contributed by atoms with Gasteiger partial charge >= 0.3 is 0 Å². The highest BCUT2D eigenvalue weighted by molar-refractivity contribution is 9.10. The Labute approximate surface area is 87.9 Å². The van der Waals surface area contributed by atoms with Gasteiger partial charge in [-0.25, -0.2) is 8.78 Å². The molecule has 0 N–H and O–H groups in total. The summed E-state index contributed by atoms with van der Waals surface area (Å²) >= 11 is 3.12. The standard InChI is InChI=1S/C9H7BrF2O2/c10-5-1-2-6(11)8(12)7(5)9-13-3-4-14-9/h1-2,9H,3-4H2. The van der Waals surface area contributed by atoms with E-state index in [1.54, 1.807) is 0 Å². The Morgan fingerprint density at radius 2 is 1.86 bits per heavy atom. The SMILES string of the molecule is Fc1ccc(Br)c(C2OCCO2)c1F. The Bertz CT molecular complexity index is 351. The van der Waals surface area contributed by atoms with Crippen LogP contribution in [0.5, 0.6) is 0 Å². The summed E-state index contributed by atoms with van der Waals surface area (Å²) in [5.74, 6) is -1.83. The van der Waals surface area contributed by atoms with E-state index in [9.17, 15) is 8.78 Å². The fourth-order valence-electron chi connectivity index (χ4n) is 1.28. The molecule has 14 heavy (non-hydrogen) atoms. The van der Waals surface area contributed by atoms with Crippen molar-refractivity contribution in [3.8, 4) is 0 Å². The van der Waals surface area contributed by atoms with E-state index in [0.717, 1.165) is 6.07 Å². The van der Waals surface area contributed by atoms with Gasteiger partial charge in [0.1, 0.15) is 0 Å². The third kappa shape index (κ3) is 1.67. The molecule has 1 aliphatic rings. The number of hydrogen-bond donors (Lipinski definition) is 0. The first-order valence-corrected chi connectivity index (χ1v) is 4.86. The molecule has 5 heteroatoms. The molecular formula is C9H7BrF2O2. The summed E-state index contributed by atoms with van der Waals surface area (Å²) in [5.41, 5.74) is 0.0856. The lowest BCUT2D eigenvalue weighted by molar-refractivity contribution is -0.0474. The zero-order valence-corrected chi connectivity index (χ0v) is 8.68. The minimum atomic E-state index is -0.925. The molecule has 0 aliphatic carbocycles. The van der Waals surface area contributed by atoms with Crippen LogP contribution in [0.25, 0.3) is 0 Å². The first-order chi connectivity index (χ1) is 6.70. The molecule has 1 heterocycles. The van der Waals surface area contributed by atoms with Gasteiger partial charge in [0.15, 0.2) is 17.9 Å². The van der Waals surface area contributed by atoms with Gasteiger partial charge in [-0.2, -0.15) is 0 Å². The Morgan fingerprint density at radius 3 is 2.50 bits per heavy atom. The molecule has 2 nitrogen and oxygen atoms in total. The zero-order chi connectivity index (χ0) is 10.1. The average Bonchev–Trinajstić information content (AvgIpc) is 2.65. The van der Waals surface area contributed by atoms with Gasteiger partial charge < -0.3 is 9.47 Å². The molecule has 1 aliphatic heterocycles. The van der Waals surface area contributed by atoms with Crippen molar-refractivity contribution in [3.63, 3.8) is 0 Å². The monoisotopic (exact) mass is 264 g/mol. The number of halogens is 3. The molecule has 0 aromatic heterocycles. The Morgan fingerprint density at radius 1 is 1.21 bits per heavy atom. The van der Waals surface area contributed by atoms with E-state index in [-0.39, 0.29) is 5.56 Å². The second kappa shape index (κ2) is 3.92. The summed E-state index contributed by atoms with van der Waals surface area (Å²) < 4.78 is 36.9. The van der Waals surface area contributed by atoms with Gasteiger partial charge in [0.2, 0.25) is 0 Å². The quantitative estimate of drug-likeness (QED) is 0.727. The molecule has 0 atom stereocenters. The molecule has 0 amide bonds. The maximum atomic E-state index is 13.3. The van der Waals surface area contributed by atoms with Gasteiger partial charge in [0.25, 0.3) is 0 Å². The summed E-state index contributed by atoms with van der Waals surface area (Å²) in [6.45, 7) is 0.792. The Kier molecular flexibility index (Phi) is 2.80. The number of hydrogen-bond acceptors (Lipinski definition) is 2. The summed E-state index contributed by atoms with van der Waals surface area (Å²) in [4.78, 5) is 0. The van der Waals surface area contributed by atoms with Crippen LogP contribution in [0.2, 0.25) is 0 Å². The van der Waals surface area contributed by atoms with E-state index in [2.05, 4.69) is 15.9 Å². The van der Waals surface area contributed by atoms with Crippen molar-refractivity contribution in [1.29, 1.82) is 0 Å². The van der Waals surface area contributed by atoms with E-state index in [0.29, 0.717) is 17.7 Å². The molecule has 1 aromatic carbocycles. The fraction of sp³-hybridized carbons (Fsp3) is 0.333. The highest BCUT2D eigenvalue weighted by Crippen LogP contribution is 2.32. The van der Waals surface area contributed by atoms with Crippen molar-refractivity contribution in [1.82, 2.24) is 0 Å². The van der Waals surface area contributed by atoms with E-state index >= 15 is 0 Å². The summed E-state index contributed by atoms with van der Waals surface area (Å²) in [6, 6.07) is 2.48. The van der Waals surface area contributed by atoms with E-state index in [1.165, 1.54) is 6.07 Å². The molecule has 0 bridgehead atoms. The lowest BCUT2D eigenvalue weighted by atomic mass is 10.2.